The minimum atomic E-state index is -0.321. The van der Waals surface area contributed by atoms with Crippen LogP contribution in [-0.4, -0.2) is 48.5 Å². The molecule has 0 spiro atoms. The first-order valence-corrected chi connectivity index (χ1v) is 9.53. The van der Waals surface area contributed by atoms with E-state index in [4.69, 9.17) is 0 Å². The fraction of sp³-hybridized carbons (Fsp3) is 0.381. The fourth-order valence-electron chi connectivity index (χ4n) is 4.84. The van der Waals surface area contributed by atoms with Crippen molar-refractivity contribution in [1.82, 2.24) is 28.9 Å². The van der Waals surface area contributed by atoms with Gasteiger partial charge in [0, 0.05) is 28.9 Å². The molecule has 0 N–H and O–H groups in total. The average molecular weight is 376 g/mol. The Hall–Kier alpha value is -2.80. The second-order valence-corrected chi connectivity index (χ2v) is 8.66. The molecule has 2 saturated carbocycles. The maximum Gasteiger partial charge on any atom is 0.173 e. The molecule has 2 aliphatic rings. The molecule has 0 amide bonds. The third-order valence-electron chi connectivity index (χ3n) is 6.71. The van der Waals surface area contributed by atoms with E-state index in [-0.39, 0.29) is 16.8 Å². The summed E-state index contributed by atoms with van der Waals surface area (Å²) >= 11 is 0. The van der Waals surface area contributed by atoms with Gasteiger partial charge in [-0.25, -0.2) is 18.9 Å². The van der Waals surface area contributed by atoms with Gasteiger partial charge >= 0.3 is 0 Å². The molecule has 0 radical (unpaired) electrons. The number of aryl methyl sites for hydroxylation is 2. The molecule has 6 nitrogen and oxygen atoms in total. The first-order valence-electron chi connectivity index (χ1n) is 9.53. The Labute approximate surface area is 161 Å². The normalized spacial score (nSPS) is 25.6. The number of pyridine rings is 1. The van der Waals surface area contributed by atoms with Gasteiger partial charge in [-0.3, -0.25) is 0 Å². The second-order valence-electron chi connectivity index (χ2n) is 8.66. The van der Waals surface area contributed by atoms with E-state index in [1.807, 2.05) is 42.9 Å². The summed E-state index contributed by atoms with van der Waals surface area (Å²) < 4.78 is 18.5. The van der Waals surface area contributed by atoms with Gasteiger partial charge in [0.1, 0.15) is 0 Å². The Bertz CT molecular complexity index is 1290. The Balaban J connectivity index is 1.47. The van der Waals surface area contributed by atoms with Crippen LogP contribution in [0.2, 0.25) is 0 Å². The van der Waals surface area contributed by atoms with Gasteiger partial charge in [-0.2, -0.15) is 5.10 Å². The van der Waals surface area contributed by atoms with Crippen molar-refractivity contribution in [3.8, 4) is 11.3 Å². The first kappa shape index (κ1) is 16.2. The molecule has 0 aromatic carbocycles. The highest BCUT2D eigenvalue weighted by atomic mass is 19.1. The molecule has 7 heteroatoms. The highest BCUT2D eigenvalue weighted by molar-refractivity contribution is 5.65. The van der Waals surface area contributed by atoms with Crippen molar-refractivity contribution < 1.29 is 4.39 Å². The molecular weight excluding hydrogens is 355 g/mol. The van der Waals surface area contributed by atoms with Crippen molar-refractivity contribution in [2.45, 2.75) is 37.6 Å². The molecule has 4 aromatic rings. The molecule has 0 bridgehead atoms. The van der Waals surface area contributed by atoms with Crippen molar-refractivity contribution in [2.24, 2.45) is 0 Å². The molecule has 0 atom stereocenters. The van der Waals surface area contributed by atoms with Crippen LogP contribution in [0.25, 0.3) is 22.6 Å². The molecule has 4 heterocycles. The van der Waals surface area contributed by atoms with E-state index in [9.17, 15) is 4.39 Å². The number of imidazole rings is 2. The van der Waals surface area contributed by atoms with E-state index in [0.29, 0.717) is 5.65 Å². The van der Waals surface area contributed by atoms with Crippen LogP contribution in [0, 0.1) is 19.7 Å². The first-order chi connectivity index (χ1) is 13.3. The lowest BCUT2D eigenvalue weighted by atomic mass is 10.1. The van der Waals surface area contributed by atoms with Crippen molar-refractivity contribution in [1.29, 1.82) is 0 Å². The molecule has 4 aromatic heterocycles. The van der Waals surface area contributed by atoms with Crippen LogP contribution in [0.1, 0.15) is 29.8 Å². The van der Waals surface area contributed by atoms with Gasteiger partial charge in [-0.1, -0.05) is 0 Å². The molecular formula is C21H21FN6. The zero-order chi connectivity index (χ0) is 19.4. The van der Waals surface area contributed by atoms with Gasteiger partial charge in [0.25, 0.3) is 0 Å². The fourth-order valence-corrected chi connectivity index (χ4v) is 4.84. The third kappa shape index (κ3) is 1.87. The minimum Gasteiger partial charge on any atom is -0.304 e. The van der Waals surface area contributed by atoms with Crippen molar-refractivity contribution in [2.75, 3.05) is 14.1 Å². The van der Waals surface area contributed by atoms with E-state index >= 15 is 0 Å². The predicted molar refractivity (Wildman–Crippen MR) is 104 cm³/mol. The summed E-state index contributed by atoms with van der Waals surface area (Å²) in [5.41, 5.74) is 5.95. The van der Waals surface area contributed by atoms with E-state index < -0.39 is 0 Å². The summed E-state index contributed by atoms with van der Waals surface area (Å²) in [6, 6.07) is 3.48. The molecule has 0 unspecified atom stereocenters. The maximum absolute atomic E-state index is 14.9. The quantitative estimate of drug-likeness (QED) is 0.551. The topological polar surface area (TPSA) is 50.7 Å². The van der Waals surface area contributed by atoms with Crippen molar-refractivity contribution in [3.05, 3.63) is 53.5 Å². The standard InChI is InChI=1S/C21H21FN6/c1-12-5-16(25-28-7-13(2)23-18(12)28)14-6-15(22)19-24-17(9-27(19)8-14)20-10-21(20,11-20)26(3)4/h5-9H,10-11H2,1-4H3. The number of fused-ring (bicyclic) bond motifs is 3. The zero-order valence-corrected chi connectivity index (χ0v) is 16.4. The van der Waals surface area contributed by atoms with E-state index in [1.54, 1.807) is 4.52 Å². The molecule has 0 saturated heterocycles. The monoisotopic (exact) mass is 376 g/mol. The SMILES string of the molecule is Cc1cn2nc(-c3cc(F)c4nc(C56CC5(N(C)C)C6)cn4c3)cc(C)c2n1. The largest absolute Gasteiger partial charge is 0.304 e. The maximum atomic E-state index is 14.9. The average Bonchev–Trinajstić information content (AvgIpc) is 3.31. The number of likely N-dealkylation sites (N-methyl/N-ethyl adjacent to an activating group) is 1. The molecule has 2 aliphatic carbocycles. The predicted octanol–water partition coefficient (Wildman–Crippen LogP) is 3.15. The summed E-state index contributed by atoms with van der Waals surface area (Å²) in [4.78, 5) is 11.4. The van der Waals surface area contributed by atoms with Crippen LogP contribution in [0.5, 0.6) is 0 Å². The van der Waals surface area contributed by atoms with Crippen molar-refractivity contribution in [3.63, 3.8) is 0 Å². The van der Waals surface area contributed by atoms with Crippen LogP contribution in [0.15, 0.2) is 30.7 Å². The highest BCUT2D eigenvalue weighted by Crippen LogP contribution is 2.80. The minimum absolute atomic E-state index is 0.122. The summed E-state index contributed by atoms with van der Waals surface area (Å²) in [6.07, 6.45) is 8.03. The Kier molecular flexibility index (Phi) is 2.76. The van der Waals surface area contributed by atoms with Crippen LogP contribution in [-0.2, 0) is 5.41 Å². The van der Waals surface area contributed by atoms with Gasteiger partial charge in [0.15, 0.2) is 17.1 Å². The van der Waals surface area contributed by atoms with Crippen LogP contribution in [0.3, 0.4) is 0 Å². The van der Waals surface area contributed by atoms with Gasteiger partial charge in [0.05, 0.1) is 23.3 Å². The second kappa shape index (κ2) is 4.78. The summed E-state index contributed by atoms with van der Waals surface area (Å²) in [5, 5.41) is 4.63. The molecule has 6 rings (SSSR count). The summed E-state index contributed by atoms with van der Waals surface area (Å²) in [7, 11) is 4.23. The van der Waals surface area contributed by atoms with Crippen LogP contribution in [0.4, 0.5) is 4.39 Å². The van der Waals surface area contributed by atoms with E-state index in [2.05, 4.69) is 34.1 Å². The van der Waals surface area contributed by atoms with Crippen molar-refractivity contribution >= 4 is 11.3 Å². The van der Waals surface area contributed by atoms with Crippen LogP contribution >= 0.6 is 0 Å². The van der Waals surface area contributed by atoms with Crippen LogP contribution < -0.4 is 0 Å². The Morgan fingerprint density at radius 3 is 2.54 bits per heavy atom. The Morgan fingerprint density at radius 1 is 1.04 bits per heavy atom. The number of hydrogen-bond acceptors (Lipinski definition) is 4. The summed E-state index contributed by atoms with van der Waals surface area (Å²) in [5.74, 6) is -0.321. The number of nitrogens with zero attached hydrogens (tertiary/aromatic N) is 6. The number of aromatic nitrogens is 5. The zero-order valence-electron chi connectivity index (χ0n) is 16.4. The van der Waals surface area contributed by atoms with Gasteiger partial charge in [0.2, 0.25) is 0 Å². The molecule has 2 fully saturated rings. The number of hydrogen-bond donors (Lipinski definition) is 0. The Morgan fingerprint density at radius 2 is 1.82 bits per heavy atom. The highest BCUT2D eigenvalue weighted by Gasteiger charge is 2.86. The van der Waals surface area contributed by atoms with Gasteiger partial charge < -0.3 is 9.30 Å². The number of halogens is 1. The lowest BCUT2D eigenvalue weighted by molar-refractivity contribution is 0.334. The molecule has 28 heavy (non-hydrogen) atoms. The third-order valence-corrected chi connectivity index (χ3v) is 6.71. The number of rotatable bonds is 3. The van der Waals surface area contributed by atoms with E-state index in [0.717, 1.165) is 46.7 Å². The van der Waals surface area contributed by atoms with Gasteiger partial charge in [-0.15, -0.1) is 0 Å². The lowest BCUT2D eigenvalue weighted by Gasteiger charge is -2.11. The lowest BCUT2D eigenvalue weighted by Crippen LogP contribution is -2.21. The molecule has 142 valence electrons. The van der Waals surface area contributed by atoms with E-state index in [1.165, 1.54) is 6.07 Å². The smallest absolute Gasteiger partial charge is 0.173 e. The molecule has 0 aliphatic heterocycles. The van der Waals surface area contributed by atoms with Gasteiger partial charge in [-0.05, 0) is 58.5 Å². The summed E-state index contributed by atoms with van der Waals surface area (Å²) in [6.45, 7) is 3.94.